The summed E-state index contributed by atoms with van der Waals surface area (Å²) in [6.07, 6.45) is 7.17. The largest absolute Gasteiger partial charge is 0.359 e. The average molecular weight is 537 g/mol. The van der Waals surface area contributed by atoms with Gasteiger partial charge in [0, 0.05) is 18.3 Å². The van der Waals surface area contributed by atoms with Crippen molar-refractivity contribution >= 4 is 23.4 Å². The standard InChI is InChI=1S/C31H44N4O4/c1-18-15-19(2)17-22(16-18)32-28(36)25-24-11-12-31(39-24)26(25)30(38)35(14-8-13-34(5)6)27(31)29(37)33-23-10-7-9-20(3)21(23)4/h11-12,15-17,20-21,23-27H,7-10,13-14H2,1-6H3,(H,32,36)(H,33,37)/t20-,21-,23+,24+,25-,26+,27+,31+/m0/s1. The molecule has 8 atom stereocenters. The lowest BCUT2D eigenvalue weighted by Gasteiger charge is -2.38. The highest BCUT2D eigenvalue weighted by molar-refractivity contribution is 6.02. The summed E-state index contributed by atoms with van der Waals surface area (Å²) in [5, 5.41) is 6.36. The molecule has 0 unspecified atom stereocenters. The van der Waals surface area contributed by atoms with Crippen molar-refractivity contribution in [1.29, 1.82) is 0 Å². The van der Waals surface area contributed by atoms with Gasteiger partial charge in [0.15, 0.2) is 0 Å². The highest BCUT2D eigenvalue weighted by Gasteiger charge is 2.72. The average Bonchev–Trinajstić information content (AvgIpc) is 3.49. The molecule has 3 aliphatic heterocycles. The first-order chi connectivity index (χ1) is 18.5. The molecule has 1 aromatic rings. The number of anilines is 1. The van der Waals surface area contributed by atoms with E-state index in [0.29, 0.717) is 24.1 Å². The van der Waals surface area contributed by atoms with Gasteiger partial charge >= 0.3 is 0 Å². The summed E-state index contributed by atoms with van der Waals surface area (Å²) >= 11 is 0. The number of hydrogen-bond acceptors (Lipinski definition) is 5. The van der Waals surface area contributed by atoms with Crippen LogP contribution in [-0.4, -0.2) is 78.5 Å². The summed E-state index contributed by atoms with van der Waals surface area (Å²) in [4.78, 5) is 45.6. The molecule has 0 aromatic heterocycles. The zero-order valence-electron chi connectivity index (χ0n) is 24.2. The van der Waals surface area contributed by atoms with E-state index in [1.807, 2.05) is 52.2 Å². The van der Waals surface area contributed by atoms with E-state index in [0.717, 1.165) is 36.9 Å². The second kappa shape index (κ2) is 10.7. The third kappa shape index (κ3) is 5.02. The van der Waals surface area contributed by atoms with Gasteiger partial charge in [0.25, 0.3) is 0 Å². The second-order valence-corrected chi connectivity index (χ2v) is 12.6. The quantitative estimate of drug-likeness (QED) is 0.498. The highest BCUT2D eigenvalue weighted by atomic mass is 16.5. The summed E-state index contributed by atoms with van der Waals surface area (Å²) < 4.78 is 6.50. The van der Waals surface area contributed by atoms with Crippen LogP contribution in [-0.2, 0) is 19.1 Å². The van der Waals surface area contributed by atoms with Crippen LogP contribution >= 0.6 is 0 Å². The molecule has 1 saturated carbocycles. The van der Waals surface area contributed by atoms with Crippen molar-refractivity contribution in [2.24, 2.45) is 23.7 Å². The van der Waals surface area contributed by atoms with Crippen molar-refractivity contribution in [3.05, 3.63) is 41.5 Å². The number of rotatable bonds is 8. The summed E-state index contributed by atoms with van der Waals surface area (Å²) in [6.45, 7) is 9.66. The lowest BCUT2D eigenvalue weighted by atomic mass is 9.73. The first-order valence-corrected chi connectivity index (χ1v) is 14.5. The van der Waals surface area contributed by atoms with Gasteiger partial charge in [-0.3, -0.25) is 14.4 Å². The number of nitrogens with one attached hydrogen (secondary N) is 2. The van der Waals surface area contributed by atoms with Gasteiger partial charge in [-0.2, -0.15) is 0 Å². The second-order valence-electron chi connectivity index (χ2n) is 12.6. The summed E-state index contributed by atoms with van der Waals surface area (Å²) in [5.74, 6) is -1.08. The van der Waals surface area contributed by atoms with Gasteiger partial charge in [0.1, 0.15) is 11.6 Å². The van der Waals surface area contributed by atoms with Gasteiger partial charge in [-0.25, -0.2) is 0 Å². The molecular weight excluding hydrogens is 492 g/mol. The number of nitrogens with zero attached hydrogens (tertiary/aromatic N) is 2. The monoisotopic (exact) mass is 536 g/mol. The first-order valence-electron chi connectivity index (χ1n) is 14.5. The van der Waals surface area contributed by atoms with Crippen LogP contribution in [0.1, 0.15) is 50.7 Å². The number of carbonyl (C=O) groups is 3. The molecule has 3 amide bonds. The molecule has 3 fully saturated rings. The summed E-state index contributed by atoms with van der Waals surface area (Å²) in [5.41, 5.74) is 1.69. The number of aryl methyl sites for hydroxylation is 2. The van der Waals surface area contributed by atoms with Crippen LogP contribution in [0.3, 0.4) is 0 Å². The van der Waals surface area contributed by atoms with E-state index in [4.69, 9.17) is 4.74 Å². The lowest BCUT2D eigenvalue weighted by Crippen LogP contribution is -2.58. The van der Waals surface area contributed by atoms with Crippen molar-refractivity contribution in [3.63, 3.8) is 0 Å². The first kappa shape index (κ1) is 27.8. The Morgan fingerprint density at radius 3 is 2.51 bits per heavy atom. The van der Waals surface area contributed by atoms with Crippen molar-refractivity contribution < 1.29 is 19.1 Å². The molecule has 2 saturated heterocycles. The Kier molecular flexibility index (Phi) is 7.63. The molecule has 5 rings (SSSR count). The molecule has 2 N–H and O–H groups in total. The van der Waals surface area contributed by atoms with Gasteiger partial charge < -0.3 is 25.2 Å². The number of amides is 3. The smallest absolute Gasteiger partial charge is 0.246 e. The number of hydrogen-bond donors (Lipinski definition) is 2. The minimum atomic E-state index is -1.13. The predicted octanol–water partition coefficient (Wildman–Crippen LogP) is 3.29. The Morgan fingerprint density at radius 2 is 1.82 bits per heavy atom. The zero-order chi connectivity index (χ0) is 28.1. The molecule has 212 valence electrons. The molecule has 2 bridgehead atoms. The fourth-order valence-electron chi connectivity index (χ4n) is 7.38. The fourth-order valence-corrected chi connectivity index (χ4v) is 7.38. The Bertz CT molecular complexity index is 1140. The SMILES string of the molecule is Cc1cc(C)cc(NC(=O)[C@H]2[C@H]3C=C[C@@]4(O3)[C@H]2C(=O)N(CCCN(C)C)[C@@H]4C(=O)N[C@@H]2CCC[C@H](C)[C@@H]2C)c1. The maximum atomic E-state index is 14.1. The molecule has 1 spiro atoms. The Morgan fingerprint density at radius 1 is 1.10 bits per heavy atom. The summed E-state index contributed by atoms with van der Waals surface area (Å²) in [7, 11) is 3.99. The van der Waals surface area contributed by atoms with Gasteiger partial charge in [-0.05, 0) is 82.4 Å². The van der Waals surface area contributed by atoms with E-state index in [-0.39, 0.29) is 23.8 Å². The number of likely N-dealkylation sites (tertiary alicyclic amines) is 1. The van der Waals surface area contributed by atoms with E-state index in [1.165, 1.54) is 6.42 Å². The number of ether oxygens (including phenoxy) is 1. The van der Waals surface area contributed by atoms with Gasteiger partial charge in [0.05, 0.1) is 17.9 Å². The van der Waals surface area contributed by atoms with E-state index in [1.54, 1.807) is 4.90 Å². The van der Waals surface area contributed by atoms with E-state index >= 15 is 0 Å². The van der Waals surface area contributed by atoms with Gasteiger partial charge in [-0.15, -0.1) is 0 Å². The Labute approximate surface area is 232 Å². The Balaban J connectivity index is 1.43. The zero-order valence-corrected chi connectivity index (χ0v) is 24.2. The maximum absolute atomic E-state index is 14.1. The minimum Gasteiger partial charge on any atom is -0.359 e. The van der Waals surface area contributed by atoms with E-state index in [9.17, 15) is 14.4 Å². The number of fused-ring (bicyclic) bond motifs is 1. The van der Waals surface area contributed by atoms with Crippen molar-refractivity contribution in [1.82, 2.24) is 15.1 Å². The van der Waals surface area contributed by atoms with Crippen LogP contribution in [0.25, 0.3) is 0 Å². The molecule has 39 heavy (non-hydrogen) atoms. The predicted molar refractivity (Wildman–Crippen MR) is 151 cm³/mol. The third-order valence-corrected chi connectivity index (χ3v) is 9.45. The van der Waals surface area contributed by atoms with Crippen LogP contribution in [0.15, 0.2) is 30.4 Å². The normalized spacial score (nSPS) is 35.0. The molecule has 0 radical (unpaired) electrons. The number of benzene rings is 1. The molecule has 8 nitrogen and oxygen atoms in total. The van der Waals surface area contributed by atoms with Crippen LogP contribution in [0.4, 0.5) is 5.69 Å². The molecule has 1 aliphatic carbocycles. The van der Waals surface area contributed by atoms with Crippen LogP contribution in [0.2, 0.25) is 0 Å². The molecule has 1 aromatic carbocycles. The molecular formula is C31H44N4O4. The van der Waals surface area contributed by atoms with Crippen molar-refractivity contribution in [2.45, 2.75) is 77.2 Å². The topological polar surface area (TPSA) is 91.0 Å². The Hall–Kier alpha value is -2.71. The van der Waals surface area contributed by atoms with Crippen molar-refractivity contribution in [3.8, 4) is 0 Å². The highest BCUT2D eigenvalue weighted by Crippen LogP contribution is 2.55. The van der Waals surface area contributed by atoms with Crippen LogP contribution in [0, 0.1) is 37.5 Å². The molecule has 8 heteroatoms. The van der Waals surface area contributed by atoms with Crippen molar-refractivity contribution in [2.75, 3.05) is 32.5 Å². The molecule has 3 heterocycles. The minimum absolute atomic E-state index is 0.0710. The van der Waals surface area contributed by atoms with E-state index in [2.05, 4.69) is 35.4 Å². The third-order valence-electron chi connectivity index (χ3n) is 9.45. The van der Waals surface area contributed by atoms with E-state index < -0.39 is 29.6 Å². The van der Waals surface area contributed by atoms with Gasteiger partial charge in [0.2, 0.25) is 17.7 Å². The van der Waals surface area contributed by atoms with Crippen LogP contribution in [0.5, 0.6) is 0 Å². The number of carbonyl (C=O) groups excluding carboxylic acids is 3. The summed E-state index contributed by atoms with van der Waals surface area (Å²) in [6, 6.07) is 5.19. The van der Waals surface area contributed by atoms with Crippen LogP contribution < -0.4 is 10.6 Å². The van der Waals surface area contributed by atoms with Gasteiger partial charge in [-0.1, -0.05) is 44.9 Å². The lowest BCUT2D eigenvalue weighted by molar-refractivity contribution is -0.141. The molecule has 4 aliphatic rings. The maximum Gasteiger partial charge on any atom is 0.246 e. The fraction of sp³-hybridized carbons (Fsp3) is 0.645.